The topological polar surface area (TPSA) is 54.9 Å². The average Bonchev–Trinajstić information content (AvgIpc) is 3.08. The maximum Gasteiger partial charge on any atom is 0.257 e. The second kappa shape index (κ2) is 5.65. The number of hydrogen-bond acceptors (Lipinski definition) is 5. The summed E-state index contributed by atoms with van der Waals surface area (Å²) in [5, 5.41) is 4.55. The van der Waals surface area contributed by atoms with Crippen LogP contribution in [-0.2, 0) is 0 Å². The normalized spacial score (nSPS) is 11.3. The molecule has 0 spiro atoms. The zero-order valence-electron chi connectivity index (χ0n) is 13.5. The Kier molecular flexibility index (Phi) is 3.58. The van der Waals surface area contributed by atoms with Crippen molar-refractivity contribution < 1.29 is 4.79 Å². The number of aromatic nitrogens is 2. The van der Waals surface area contributed by atoms with Crippen LogP contribution in [0.2, 0.25) is 0 Å². The van der Waals surface area contributed by atoms with Gasteiger partial charge in [0.25, 0.3) is 5.91 Å². The molecule has 2 aromatic carbocycles. The fourth-order valence-corrected chi connectivity index (χ4v) is 4.68. The number of anilines is 1. The molecule has 2 aromatic heterocycles. The van der Waals surface area contributed by atoms with Crippen molar-refractivity contribution in [2.24, 2.45) is 0 Å². The summed E-state index contributed by atoms with van der Waals surface area (Å²) >= 11 is 3.10. The molecule has 4 rings (SSSR count). The first-order valence-corrected chi connectivity index (χ1v) is 9.19. The van der Waals surface area contributed by atoms with E-state index in [1.165, 1.54) is 16.9 Å². The van der Waals surface area contributed by atoms with E-state index < -0.39 is 0 Å². The minimum Gasteiger partial charge on any atom is -0.298 e. The molecule has 24 heavy (non-hydrogen) atoms. The first-order chi connectivity index (χ1) is 11.5. The second-order valence-corrected chi connectivity index (χ2v) is 8.08. The van der Waals surface area contributed by atoms with Crippen LogP contribution in [-0.4, -0.2) is 15.9 Å². The fraction of sp³-hybridized carbons (Fsp3) is 0.167. The number of nitrogens with zero attached hydrogens (tertiary/aromatic N) is 2. The maximum absolute atomic E-state index is 12.5. The molecule has 0 aliphatic carbocycles. The number of rotatable bonds is 2. The van der Waals surface area contributed by atoms with Crippen LogP contribution in [0.4, 0.5) is 5.13 Å². The van der Waals surface area contributed by atoms with Crippen molar-refractivity contribution in [3.63, 3.8) is 0 Å². The highest BCUT2D eigenvalue weighted by Gasteiger charge is 2.13. The Morgan fingerprint density at radius 3 is 2.67 bits per heavy atom. The van der Waals surface area contributed by atoms with Gasteiger partial charge in [-0.1, -0.05) is 17.4 Å². The monoisotopic (exact) mass is 353 g/mol. The third kappa shape index (κ3) is 2.68. The molecule has 0 unspecified atom stereocenters. The third-order valence-corrected chi connectivity index (χ3v) is 5.66. The molecular formula is C18H15N3OS2. The van der Waals surface area contributed by atoms with Crippen LogP contribution >= 0.6 is 22.7 Å². The summed E-state index contributed by atoms with van der Waals surface area (Å²) in [4.78, 5) is 21.5. The smallest absolute Gasteiger partial charge is 0.257 e. The molecule has 0 saturated heterocycles. The lowest BCUT2D eigenvalue weighted by Crippen LogP contribution is -2.11. The molecule has 6 heteroatoms. The zero-order chi connectivity index (χ0) is 16.8. The van der Waals surface area contributed by atoms with Gasteiger partial charge in [-0.25, -0.2) is 9.97 Å². The molecule has 2 heterocycles. The van der Waals surface area contributed by atoms with Crippen LogP contribution in [0, 0.1) is 20.8 Å². The molecule has 4 nitrogen and oxygen atoms in total. The van der Waals surface area contributed by atoms with Crippen molar-refractivity contribution in [2.75, 3.05) is 5.32 Å². The van der Waals surface area contributed by atoms with Gasteiger partial charge in [-0.2, -0.15) is 0 Å². The zero-order valence-corrected chi connectivity index (χ0v) is 15.1. The molecule has 0 saturated carbocycles. The summed E-state index contributed by atoms with van der Waals surface area (Å²) in [5.41, 5.74) is 4.84. The van der Waals surface area contributed by atoms with E-state index in [-0.39, 0.29) is 5.91 Å². The van der Waals surface area contributed by atoms with Gasteiger partial charge in [0, 0.05) is 5.56 Å². The van der Waals surface area contributed by atoms with Crippen molar-refractivity contribution in [2.45, 2.75) is 20.8 Å². The van der Waals surface area contributed by atoms with E-state index in [1.54, 1.807) is 17.4 Å². The van der Waals surface area contributed by atoms with Crippen LogP contribution in [0.5, 0.6) is 0 Å². The summed E-state index contributed by atoms with van der Waals surface area (Å²) in [6, 6.07) is 9.78. The Balaban J connectivity index is 1.66. The second-order valence-electron chi connectivity index (χ2n) is 5.82. The van der Waals surface area contributed by atoms with Crippen LogP contribution in [0.1, 0.15) is 26.5 Å². The lowest BCUT2D eigenvalue weighted by atomic mass is 10.1. The molecule has 0 bridgehead atoms. The van der Waals surface area contributed by atoms with E-state index in [1.807, 2.05) is 26.0 Å². The maximum atomic E-state index is 12.5. The van der Waals surface area contributed by atoms with E-state index in [9.17, 15) is 4.79 Å². The molecule has 0 aliphatic rings. The number of hydrogen-bond donors (Lipinski definition) is 1. The highest BCUT2D eigenvalue weighted by Crippen LogP contribution is 2.30. The molecule has 0 fully saturated rings. The molecule has 1 amide bonds. The first-order valence-electron chi connectivity index (χ1n) is 7.56. The van der Waals surface area contributed by atoms with Gasteiger partial charge in [0.2, 0.25) is 0 Å². The largest absolute Gasteiger partial charge is 0.298 e. The molecule has 1 N–H and O–H groups in total. The molecule has 0 aliphatic heterocycles. The quantitative estimate of drug-likeness (QED) is 0.546. The molecular weight excluding hydrogens is 338 g/mol. The number of carbonyl (C=O) groups excluding carboxylic acids is 1. The van der Waals surface area contributed by atoms with Gasteiger partial charge >= 0.3 is 0 Å². The predicted molar refractivity (Wildman–Crippen MR) is 101 cm³/mol. The number of aryl methyl sites for hydroxylation is 3. The van der Waals surface area contributed by atoms with Gasteiger partial charge in [-0.15, -0.1) is 11.3 Å². The van der Waals surface area contributed by atoms with E-state index in [2.05, 4.69) is 34.3 Å². The van der Waals surface area contributed by atoms with E-state index in [0.717, 1.165) is 31.0 Å². The Morgan fingerprint density at radius 2 is 1.83 bits per heavy atom. The van der Waals surface area contributed by atoms with Crippen LogP contribution in [0.15, 0.2) is 30.3 Å². The summed E-state index contributed by atoms with van der Waals surface area (Å²) < 4.78 is 2.12. The van der Waals surface area contributed by atoms with Gasteiger partial charge < -0.3 is 0 Å². The third-order valence-electron chi connectivity index (χ3n) is 3.81. The molecule has 0 atom stereocenters. The molecule has 120 valence electrons. The van der Waals surface area contributed by atoms with Crippen LogP contribution in [0.3, 0.4) is 0 Å². The highest BCUT2D eigenvalue weighted by molar-refractivity contribution is 7.22. The molecule has 0 radical (unpaired) electrons. The lowest BCUT2D eigenvalue weighted by molar-refractivity contribution is 0.102. The summed E-state index contributed by atoms with van der Waals surface area (Å²) in [5.74, 6) is -0.142. The Labute approximate surface area is 147 Å². The number of benzene rings is 2. The number of thiazole rings is 2. The SMILES string of the molecule is Cc1cc(C)c2nc(NC(=O)c3ccc4nc(C)sc4c3)sc2c1. The van der Waals surface area contributed by atoms with Gasteiger partial charge in [0.05, 0.1) is 25.4 Å². The number of amides is 1. The van der Waals surface area contributed by atoms with Gasteiger partial charge in [0.15, 0.2) is 5.13 Å². The number of nitrogens with one attached hydrogen (secondary N) is 1. The Hall–Kier alpha value is -2.31. The van der Waals surface area contributed by atoms with Crippen molar-refractivity contribution >= 4 is 54.1 Å². The average molecular weight is 353 g/mol. The van der Waals surface area contributed by atoms with Gasteiger partial charge in [0.1, 0.15) is 0 Å². The minimum absolute atomic E-state index is 0.142. The minimum atomic E-state index is -0.142. The van der Waals surface area contributed by atoms with Crippen LogP contribution < -0.4 is 5.32 Å². The van der Waals surface area contributed by atoms with Gasteiger partial charge in [-0.3, -0.25) is 10.1 Å². The Morgan fingerprint density at radius 1 is 1.00 bits per heavy atom. The number of fused-ring (bicyclic) bond motifs is 2. The predicted octanol–water partition coefficient (Wildman–Crippen LogP) is 5.08. The van der Waals surface area contributed by atoms with Crippen LogP contribution in [0.25, 0.3) is 20.4 Å². The van der Waals surface area contributed by atoms with E-state index in [0.29, 0.717) is 10.7 Å². The standard InChI is InChI=1S/C18H15N3OS2/c1-9-6-10(2)16-15(7-9)24-18(20-16)21-17(22)12-4-5-13-14(8-12)23-11(3)19-13/h4-8H,1-3H3,(H,20,21,22). The lowest BCUT2D eigenvalue weighted by Gasteiger charge is -2.01. The Bertz CT molecular complexity index is 1090. The van der Waals surface area contributed by atoms with Gasteiger partial charge in [-0.05, 0) is 56.2 Å². The van der Waals surface area contributed by atoms with E-state index >= 15 is 0 Å². The number of carbonyl (C=O) groups is 1. The van der Waals surface area contributed by atoms with E-state index in [4.69, 9.17) is 0 Å². The molecule has 4 aromatic rings. The van der Waals surface area contributed by atoms with Crippen molar-refractivity contribution in [3.8, 4) is 0 Å². The van der Waals surface area contributed by atoms with Crippen molar-refractivity contribution in [3.05, 3.63) is 52.0 Å². The highest BCUT2D eigenvalue weighted by atomic mass is 32.1. The summed E-state index contributed by atoms with van der Waals surface area (Å²) in [6.07, 6.45) is 0. The summed E-state index contributed by atoms with van der Waals surface area (Å²) in [6.45, 7) is 6.08. The van der Waals surface area contributed by atoms with Crippen molar-refractivity contribution in [1.29, 1.82) is 0 Å². The van der Waals surface area contributed by atoms with Crippen molar-refractivity contribution in [1.82, 2.24) is 9.97 Å². The first kappa shape index (κ1) is 15.2. The summed E-state index contributed by atoms with van der Waals surface area (Å²) in [7, 11) is 0. The fourth-order valence-electron chi connectivity index (χ4n) is 2.77.